The van der Waals surface area contributed by atoms with Crippen LogP contribution in [0.4, 0.5) is 5.69 Å². The first kappa shape index (κ1) is 41.3. The van der Waals surface area contributed by atoms with Gasteiger partial charge in [-0.1, -0.05) is 84.4 Å². The molecule has 3 fully saturated rings. The van der Waals surface area contributed by atoms with Gasteiger partial charge in [0.2, 0.25) is 11.8 Å². The molecule has 3 aliphatic rings. The number of nitrogens with one attached hydrogen (secondary N) is 1. The highest BCUT2D eigenvalue weighted by atomic mass is 79.9. The van der Waals surface area contributed by atoms with Gasteiger partial charge in [-0.2, -0.15) is 0 Å². The standard InChI is InChI=1S/C42H54BrN3O8/c1-8-10-16-33(48)44-31(24-52-7)36(28-14-12-11-13-15-28)53-41(51)34-35-39(49)46(29(23-47)20-25(3)4)38(42(35)22-30(43)37(34)54-42)40(50)45(19-9-2)32-21-26(5)17-18-27(32)6/h8-9,11-15,17-18,21,25,29-31,34-38,47H,1-2,10,16,19-20,22-24H2,3-7H3,(H,44,48)/t29-,30?,31+,34+,35-,36+,37+,38+,42-/m1/s1. The Balaban J connectivity index is 1.58. The van der Waals surface area contributed by atoms with Crippen LogP contribution in [0.15, 0.2) is 73.8 Å². The van der Waals surface area contributed by atoms with Crippen molar-refractivity contribution in [1.29, 1.82) is 0 Å². The minimum atomic E-state index is -1.40. The summed E-state index contributed by atoms with van der Waals surface area (Å²) in [5, 5.41) is 13.8. The Bertz CT molecular complexity index is 1700. The molecule has 0 radical (unpaired) electrons. The highest BCUT2D eigenvalue weighted by Crippen LogP contribution is 2.61. The van der Waals surface area contributed by atoms with Crippen LogP contribution in [0, 0.1) is 31.6 Å². The molecule has 12 heteroatoms. The highest BCUT2D eigenvalue weighted by molar-refractivity contribution is 9.09. The number of allylic oxidation sites excluding steroid dienone is 1. The van der Waals surface area contributed by atoms with E-state index in [2.05, 4.69) is 34.4 Å². The van der Waals surface area contributed by atoms with Crippen LogP contribution in [0.5, 0.6) is 0 Å². The molecule has 3 amide bonds. The first-order chi connectivity index (χ1) is 25.8. The maximum atomic E-state index is 15.2. The van der Waals surface area contributed by atoms with Gasteiger partial charge in [-0.15, -0.1) is 13.2 Å². The number of carbonyl (C=O) groups excluding carboxylic acids is 4. The van der Waals surface area contributed by atoms with Crippen LogP contribution in [0.1, 0.15) is 62.3 Å². The lowest BCUT2D eigenvalue weighted by Gasteiger charge is -2.40. The first-order valence-corrected chi connectivity index (χ1v) is 19.6. The number of anilines is 1. The third kappa shape index (κ3) is 8.08. The molecule has 2 N–H and O–H groups in total. The summed E-state index contributed by atoms with van der Waals surface area (Å²) in [4.78, 5) is 60.6. The van der Waals surface area contributed by atoms with E-state index in [1.54, 1.807) is 29.2 Å². The van der Waals surface area contributed by atoms with E-state index in [4.69, 9.17) is 14.2 Å². The molecule has 2 bridgehead atoms. The second-order valence-corrected chi connectivity index (χ2v) is 16.3. The van der Waals surface area contributed by atoms with Gasteiger partial charge in [0.15, 0.2) is 0 Å². The van der Waals surface area contributed by atoms with Crippen molar-refractivity contribution in [2.45, 2.75) is 94.1 Å². The van der Waals surface area contributed by atoms with E-state index < -0.39 is 59.6 Å². The normalized spacial score (nSPS) is 25.9. The first-order valence-electron chi connectivity index (χ1n) is 18.7. The van der Waals surface area contributed by atoms with E-state index in [0.717, 1.165) is 11.1 Å². The lowest BCUT2D eigenvalue weighted by Crippen LogP contribution is -2.59. The predicted octanol–water partition coefficient (Wildman–Crippen LogP) is 5.36. The Hall–Kier alpha value is -3.84. The van der Waals surface area contributed by atoms with Gasteiger partial charge in [-0.3, -0.25) is 19.2 Å². The molecular weight excluding hydrogens is 754 g/mol. The second-order valence-electron chi connectivity index (χ2n) is 15.1. The number of esters is 1. The third-order valence-corrected chi connectivity index (χ3v) is 11.7. The van der Waals surface area contributed by atoms with Crippen LogP contribution in [-0.2, 0) is 33.4 Å². The van der Waals surface area contributed by atoms with E-state index in [1.165, 1.54) is 12.0 Å². The van der Waals surface area contributed by atoms with E-state index in [9.17, 15) is 14.7 Å². The van der Waals surface area contributed by atoms with Gasteiger partial charge in [-0.05, 0) is 61.8 Å². The van der Waals surface area contributed by atoms with Gasteiger partial charge in [0.1, 0.15) is 17.7 Å². The van der Waals surface area contributed by atoms with E-state index in [1.807, 2.05) is 64.1 Å². The van der Waals surface area contributed by atoms with Crippen LogP contribution in [-0.4, -0.2) is 95.2 Å². The number of hydrogen-bond donors (Lipinski definition) is 2. The van der Waals surface area contributed by atoms with Crippen molar-refractivity contribution in [2.24, 2.45) is 17.8 Å². The van der Waals surface area contributed by atoms with Gasteiger partial charge in [0, 0.05) is 30.6 Å². The van der Waals surface area contributed by atoms with Gasteiger partial charge in [-0.25, -0.2) is 0 Å². The zero-order valence-corrected chi connectivity index (χ0v) is 33.5. The zero-order valence-electron chi connectivity index (χ0n) is 31.9. The topological polar surface area (TPSA) is 135 Å². The number of carbonyl (C=O) groups is 4. The van der Waals surface area contributed by atoms with Crippen molar-refractivity contribution >= 4 is 45.3 Å². The van der Waals surface area contributed by atoms with Crippen molar-refractivity contribution in [1.82, 2.24) is 10.2 Å². The Morgan fingerprint density at radius 3 is 2.50 bits per heavy atom. The van der Waals surface area contributed by atoms with Crippen LogP contribution in [0.25, 0.3) is 0 Å². The Kier molecular flexibility index (Phi) is 13.6. The minimum Gasteiger partial charge on any atom is -0.455 e. The monoisotopic (exact) mass is 807 g/mol. The summed E-state index contributed by atoms with van der Waals surface area (Å²) in [6.07, 6.45) is 2.92. The molecule has 2 aromatic carbocycles. The summed E-state index contributed by atoms with van der Waals surface area (Å²) in [7, 11) is 1.50. The Labute approximate surface area is 327 Å². The van der Waals surface area contributed by atoms with Crippen LogP contribution < -0.4 is 10.2 Å². The molecular formula is C42H54BrN3O8. The lowest BCUT2D eigenvalue weighted by atomic mass is 9.70. The number of likely N-dealkylation sites (tertiary alicyclic amines) is 1. The number of rotatable bonds is 18. The summed E-state index contributed by atoms with van der Waals surface area (Å²) in [5.74, 6) is -3.82. The summed E-state index contributed by atoms with van der Waals surface area (Å²) in [5.41, 5.74) is 1.74. The number of aliphatic hydroxyl groups is 1. The molecule has 3 heterocycles. The van der Waals surface area contributed by atoms with Gasteiger partial charge in [0.25, 0.3) is 5.91 Å². The van der Waals surface area contributed by atoms with Crippen LogP contribution in [0.2, 0.25) is 0 Å². The van der Waals surface area contributed by atoms with Crippen molar-refractivity contribution in [3.8, 4) is 0 Å². The fraction of sp³-hybridized carbons (Fsp3) is 0.524. The number of alkyl halides is 1. The maximum Gasteiger partial charge on any atom is 0.313 e. The number of fused-ring (bicyclic) bond motifs is 1. The molecule has 1 unspecified atom stereocenters. The van der Waals surface area contributed by atoms with Crippen molar-refractivity contribution in [3.05, 3.63) is 90.5 Å². The summed E-state index contributed by atoms with van der Waals surface area (Å²) < 4.78 is 18.7. The Morgan fingerprint density at radius 1 is 1.15 bits per heavy atom. The average Bonchev–Trinajstić information content (AvgIpc) is 3.75. The number of benzene rings is 2. The largest absolute Gasteiger partial charge is 0.455 e. The summed E-state index contributed by atoms with van der Waals surface area (Å²) in [6.45, 7) is 15.3. The number of aryl methyl sites for hydroxylation is 2. The molecule has 54 heavy (non-hydrogen) atoms. The maximum absolute atomic E-state index is 15.2. The molecule has 0 aromatic heterocycles. The fourth-order valence-electron chi connectivity index (χ4n) is 8.55. The number of aliphatic hydroxyl groups excluding tert-OH is 1. The average molecular weight is 809 g/mol. The van der Waals surface area contributed by atoms with E-state index in [-0.39, 0.29) is 55.2 Å². The van der Waals surface area contributed by atoms with E-state index in [0.29, 0.717) is 24.1 Å². The molecule has 3 saturated heterocycles. The Morgan fingerprint density at radius 2 is 1.87 bits per heavy atom. The van der Waals surface area contributed by atoms with E-state index >= 15 is 9.59 Å². The molecule has 0 aliphatic carbocycles. The number of nitrogens with zero attached hydrogens (tertiary/aromatic N) is 2. The zero-order chi connectivity index (χ0) is 39.3. The SMILES string of the molecule is C=CCCC(=O)N[C@@H](COC)[C@@H](OC(=O)[C@@H]1[C@H]2O[C@@]3(CC2Br)[C@H](C(=O)N(CC=C)c2cc(C)ccc2C)N([C@@H](CO)CC(C)C)C(=O)[C@@H]13)c1ccccc1. The predicted molar refractivity (Wildman–Crippen MR) is 210 cm³/mol. The van der Waals surface area contributed by atoms with Crippen LogP contribution >= 0.6 is 15.9 Å². The van der Waals surface area contributed by atoms with Crippen molar-refractivity contribution < 1.29 is 38.5 Å². The van der Waals surface area contributed by atoms with Gasteiger partial charge >= 0.3 is 5.97 Å². The molecule has 1 spiro atoms. The fourth-order valence-corrected chi connectivity index (χ4v) is 9.49. The molecule has 9 atom stereocenters. The molecule has 0 saturated carbocycles. The van der Waals surface area contributed by atoms with Crippen LogP contribution in [0.3, 0.4) is 0 Å². The summed E-state index contributed by atoms with van der Waals surface area (Å²) in [6, 6.07) is 12.3. The highest BCUT2D eigenvalue weighted by Gasteiger charge is 2.77. The van der Waals surface area contributed by atoms with Gasteiger partial charge in [0.05, 0.1) is 43.2 Å². The second kappa shape index (κ2) is 17.7. The minimum absolute atomic E-state index is 0.0416. The molecule has 2 aromatic rings. The molecule has 5 rings (SSSR count). The number of halogens is 1. The number of ether oxygens (including phenoxy) is 3. The molecule has 292 valence electrons. The molecule has 3 aliphatic heterocycles. The summed E-state index contributed by atoms with van der Waals surface area (Å²) >= 11 is 3.76. The number of amides is 3. The third-order valence-electron chi connectivity index (χ3n) is 10.8. The number of methoxy groups -OCH3 is 1. The van der Waals surface area contributed by atoms with Crippen molar-refractivity contribution in [3.63, 3.8) is 0 Å². The number of hydrogen-bond acceptors (Lipinski definition) is 8. The quantitative estimate of drug-likeness (QED) is 0.117. The van der Waals surface area contributed by atoms with Gasteiger partial charge < -0.3 is 34.4 Å². The molecule has 11 nitrogen and oxygen atoms in total. The van der Waals surface area contributed by atoms with Crippen molar-refractivity contribution in [2.75, 3.05) is 31.8 Å². The smallest absolute Gasteiger partial charge is 0.313 e. The lowest BCUT2D eigenvalue weighted by molar-refractivity contribution is -0.163.